The van der Waals surface area contributed by atoms with E-state index >= 15 is 0 Å². The van der Waals surface area contributed by atoms with Gasteiger partial charge in [-0.15, -0.1) is 0 Å². The number of nitrogens with zero attached hydrogens (tertiary/aromatic N) is 1. The molecule has 4 nitrogen and oxygen atoms in total. The molecule has 0 amide bonds. The summed E-state index contributed by atoms with van der Waals surface area (Å²) in [7, 11) is 0. The van der Waals surface area contributed by atoms with Crippen molar-refractivity contribution in [2.45, 2.75) is 0 Å². The van der Waals surface area contributed by atoms with Crippen LogP contribution in [-0.4, -0.2) is 16.5 Å². The zero-order valence-corrected chi connectivity index (χ0v) is 4.33. The second-order valence-electron chi connectivity index (χ2n) is 0.933. The van der Waals surface area contributed by atoms with Gasteiger partial charge in [0.25, 0.3) is 0 Å². The van der Waals surface area contributed by atoms with Gasteiger partial charge in [0.2, 0.25) is 0 Å². The molecule has 0 aliphatic carbocycles. The first kappa shape index (κ1) is 6.68. The van der Waals surface area contributed by atoms with Crippen LogP contribution in [0.3, 0.4) is 0 Å². The third kappa shape index (κ3) is 4.68. The summed E-state index contributed by atoms with van der Waals surface area (Å²) in [6.45, 7) is 0. The lowest BCUT2D eigenvalue weighted by Crippen LogP contribution is -1.81. The lowest BCUT2D eigenvalue weighted by atomic mass is 10.8. The van der Waals surface area contributed by atoms with Crippen molar-refractivity contribution in [3.63, 3.8) is 0 Å². The maximum absolute atomic E-state index is 5.86. The Balaban J connectivity index is 0.000000145. The molecule has 0 unspecified atom stereocenters. The average Bonchev–Trinajstić information content (AvgIpc) is 2.17. The van der Waals surface area contributed by atoms with Crippen LogP contribution in [0.25, 0.3) is 0 Å². The van der Waals surface area contributed by atoms with Crippen molar-refractivity contribution in [3.8, 4) is 0 Å². The van der Waals surface area contributed by atoms with E-state index in [-0.39, 0.29) is 0 Å². The van der Waals surface area contributed by atoms with Crippen LogP contribution in [0.15, 0.2) is 18.5 Å². The highest BCUT2D eigenvalue weighted by Crippen LogP contribution is 1.64. The molecule has 1 rings (SSSR count). The van der Waals surface area contributed by atoms with Gasteiger partial charge >= 0.3 is 0 Å². The number of hydrogen-bond acceptors (Lipinski definition) is 2. The van der Waals surface area contributed by atoms with Gasteiger partial charge in [-0.05, 0) is 6.07 Å². The zero-order chi connectivity index (χ0) is 6.24. The Labute approximate surface area is 47.2 Å². The highest BCUT2D eigenvalue weighted by molar-refractivity contribution is 5.46. The molecule has 0 saturated heterocycles. The largest absolute Gasteiger partial charge is 0.390 e. The normalized spacial score (nSPS) is 6.50. The summed E-state index contributed by atoms with van der Waals surface area (Å²) in [6.07, 6.45) is 4.21. The fourth-order valence-corrected chi connectivity index (χ4v) is 0.215. The third-order valence-electron chi connectivity index (χ3n) is 0.406. The van der Waals surface area contributed by atoms with E-state index in [1.54, 1.807) is 12.4 Å². The first-order valence-electron chi connectivity index (χ1n) is 2.06. The molecule has 4 heteroatoms. The van der Waals surface area contributed by atoms with E-state index in [1.165, 1.54) is 0 Å². The number of aromatic nitrogens is 2. The second kappa shape index (κ2) is 5.68. The Kier molecular flexibility index (Phi) is 4.74. The summed E-state index contributed by atoms with van der Waals surface area (Å²) in [5, 5.41) is 12.1. The first-order valence-corrected chi connectivity index (χ1v) is 2.06. The van der Waals surface area contributed by atoms with Gasteiger partial charge in [0.15, 0.2) is 0 Å². The molecule has 1 aromatic rings. The summed E-state index contributed by atoms with van der Waals surface area (Å²) < 4.78 is 0. The van der Waals surface area contributed by atoms with Gasteiger partial charge in [0.1, 0.15) is 0 Å². The number of H-pyrrole nitrogens is 1. The van der Waals surface area contributed by atoms with E-state index in [0.29, 0.717) is 0 Å². The highest BCUT2D eigenvalue weighted by Gasteiger charge is 1.56. The molecule has 8 heavy (non-hydrogen) atoms. The molecule has 4 N–H and O–H groups in total. The average molecular weight is 112 g/mol. The minimum absolute atomic E-state index is 0.750. The Morgan fingerprint density at radius 3 is 2.50 bits per heavy atom. The van der Waals surface area contributed by atoms with Crippen molar-refractivity contribution >= 4 is 6.34 Å². The van der Waals surface area contributed by atoms with Crippen LogP contribution in [0.5, 0.6) is 0 Å². The predicted octanol–water partition coefficient (Wildman–Crippen LogP) is -0.0381. The maximum atomic E-state index is 5.86. The second-order valence-corrected chi connectivity index (χ2v) is 0.933. The lowest BCUT2D eigenvalue weighted by molar-refractivity contribution is 1.09. The van der Waals surface area contributed by atoms with Crippen molar-refractivity contribution in [1.29, 1.82) is 5.41 Å². The minimum atomic E-state index is 0.750. The van der Waals surface area contributed by atoms with E-state index < -0.39 is 0 Å². The van der Waals surface area contributed by atoms with Crippen LogP contribution in [0.1, 0.15) is 0 Å². The summed E-state index contributed by atoms with van der Waals surface area (Å²) in [4.78, 5) is 0. The van der Waals surface area contributed by atoms with Gasteiger partial charge < -0.3 is 5.73 Å². The molecule has 0 aliphatic heterocycles. The SMILES string of the molecule is N=CN.c1cn[nH]c1. The molecule has 0 radical (unpaired) electrons. The number of hydrogen-bond donors (Lipinski definition) is 3. The molecule has 1 heterocycles. The maximum Gasteiger partial charge on any atom is 0.0765 e. The summed E-state index contributed by atoms with van der Waals surface area (Å²) in [5.74, 6) is 0. The van der Waals surface area contributed by atoms with Crippen LogP contribution in [0, 0.1) is 5.41 Å². The van der Waals surface area contributed by atoms with Crippen molar-refractivity contribution in [3.05, 3.63) is 18.5 Å². The number of rotatable bonds is 0. The standard InChI is InChI=1S/C3H4N2.CH4N2/c1-2-4-5-3-1;2-1-3/h1-3H,(H,4,5);1H,(H3,2,3). The third-order valence-corrected chi connectivity index (χ3v) is 0.406. The van der Waals surface area contributed by atoms with Crippen LogP contribution in [-0.2, 0) is 0 Å². The van der Waals surface area contributed by atoms with Crippen LogP contribution >= 0.6 is 0 Å². The van der Waals surface area contributed by atoms with Crippen molar-refractivity contribution in [2.24, 2.45) is 5.73 Å². The molecule has 1 aromatic heterocycles. The molecule has 0 aliphatic rings. The van der Waals surface area contributed by atoms with E-state index in [2.05, 4.69) is 15.9 Å². The van der Waals surface area contributed by atoms with Crippen LogP contribution < -0.4 is 5.73 Å². The Morgan fingerprint density at radius 1 is 1.75 bits per heavy atom. The van der Waals surface area contributed by atoms with Gasteiger partial charge in [-0.3, -0.25) is 10.5 Å². The van der Waals surface area contributed by atoms with Crippen molar-refractivity contribution in [1.82, 2.24) is 10.2 Å². The van der Waals surface area contributed by atoms with Gasteiger partial charge in [-0.1, -0.05) is 0 Å². The predicted molar refractivity (Wildman–Crippen MR) is 31.6 cm³/mol. The van der Waals surface area contributed by atoms with Crippen LogP contribution in [0.4, 0.5) is 0 Å². The molecule has 0 atom stereocenters. The monoisotopic (exact) mass is 112 g/mol. The van der Waals surface area contributed by atoms with Gasteiger partial charge in [-0.2, -0.15) is 5.10 Å². The molecule has 0 fully saturated rings. The molecular weight excluding hydrogens is 104 g/mol. The zero-order valence-electron chi connectivity index (χ0n) is 4.33. The summed E-state index contributed by atoms with van der Waals surface area (Å²) in [6, 6.07) is 1.83. The molecule has 0 spiro atoms. The van der Waals surface area contributed by atoms with Gasteiger partial charge in [-0.25, -0.2) is 0 Å². The molecule has 44 valence electrons. The molecular formula is C4H8N4. The quantitative estimate of drug-likeness (QED) is 0.325. The smallest absolute Gasteiger partial charge is 0.0765 e. The minimum Gasteiger partial charge on any atom is -0.390 e. The molecule has 0 saturated carbocycles. The first-order chi connectivity index (χ1) is 3.91. The number of aromatic amines is 1. The van der Waals surface area contributed by atoms with Crippen LogP contribution in [0.2, 0.25) is 0 Å². The van der Waals surface area contributed by atoms with Crippen molar-refractivity contribution in [2.75, 3.05) is 0 Å². The Hall–Kier alpha value is -1.32. The highest BCUT2D eigenvalue weighted by atomic mass is 15.1. The number of nitrogens with one attached hydrogen (secondary N) is 2. The Morgan fingerprint density at radius 2 is 2.38 bits per heavy atom. The van der Waals surface area contributed by atoms with Crippen molar-refractivity contribution < 1.29 is 0 Å². The molecule has 0 bridgehead atoms. The number of nitrogens with two attached hydrogens (primary N) is 1. The van der Waals surface area contributed by atoms with E-state index in [4.69, 9.17) is 5.41 Å². The van der Waals surface area contributed by atoms with Gasteiger partial charge in [0, 0.05) is 12.4 Å². The fraction of sp³-hybridized carbons (Fsp3) is 0. The van der Waals surface area contributed by atoms with Gasteiger partial charge in [0.05, 0.1) is 6.34 Å². The fourth-order valence-electron chi connectivity index (χ4n) is 0.215. The molecule has 0 aromatic carbocycles. The lowest BCUT2D eigenvalue weighted by Gasteiger charge is -1.49. The summed E-state index contributed by atoms with van der Waals surface area (Å²) >= 11 is 0. The van der Waals surface area contributed by atoms with E-state index in [1.807, 2.05) is 6.07 Å². The topological polar surface area (TPSA) is 78.6 Å². The summed E-state index contributed by atoms with van der Waals surface area (Å²) in [5.41, 5.74) is 4.39. The Bertz CT molecular complexity index is 94.4. The van der Waals surface area contributed by atoms with E-state index in [0.717, 1.165) is 6.34 Å². The van der Waals surface area contributed by atoms with E-state index in [9.17, 15) is 0 Å².